The van der Waals surface area contributed by atoms with Crippen molar-refractivity contribution in [1.82, 2.24) is 15.1 Å². The van der Waals surface area contributed by atoms with Crippen LogP contribution >= 0.6 is 11.8 Å². The number of aliphatic hydroxyl groups is 1. The fourth-order valence-electron chi connectivity index (χ4n) is 2.29. The average Bonchev–Trinajstić information content (AvgIpc) is 3.15. The van der Waals surface area contributed by atoms with E-state index in [4.69, 9.17) is 0 Å². The first kappa shape index (κ1) is 15.1. The summed E-state index contributed by atoms with van der Waals surface area (Å²) in [5, 5.41) is 17.0. The van der Waals surface area contributed by atoms with Crippen molar-refractivity contribution >= 4 is 17.7 Å². The van der Waals surface area contributed by atoms with Gasteiger partial charge in [0.1, 0.15) is 11.5 Å². The van der Waals surface area contributed by atoms with Gasteiger partial charge in [-0.2, -0.15) is 16.9 Å². The molecule has 116 valence electrons. The van der Waals surface area contributed by atoms with Gasteiger partial charge in [-0.3, -0.25) is 4.79 Å². The van der Waals surface area contributed by atoms with Gasteiger partial charge in [-0.15, -0.1) is 0 Å². The zero-order valence-electron chi connectivity index (χ0n) is 11.8. The minimum atomic E-state index is -0.839. The smallest absolute Gasteiger partial charge is 0.271 e. The number of amides is 1. The number of benzene rings is 1. The maximum absolute atomic E-state index is 13.7. The Labute approximate surface area is 131 Å². The summed E-state index contributed by atoms with van der Waals surface area (Å²) < 4.78 is 15.0. The molecule has 5 nitrogen and oxygen atoms in total. The molecule has 0 radical (unpaired) electrons. The molecule has 0 bridgehead atoms. The third-order valence-corrected chi connectivity index (χ3v) is 4.82. The van der Waals surface area contributed by atoms with Crippen LogP contribution < -0.4 is 5.32 Å². The number of thioether (sulfide) groups is 1. The Morgan fingerprint density at radius 2 is 2.27 bits per heavy atom. The molecule has 0 spiro atoms. The number of nitrogens with one attached hydrogen (secondary N) is 1. The van der Waals surface area contributed by atoms with E-state index in [0.29, 0.717) is 12.2 Å². The van der Waals surface area contributed by atoms with Gasteiger partial charge < -0.3 is 10.4 Å². The minimum Gasteiger partial charge on any atom is -0.387 e. The van der Waals surface area contributed by atoms with E-state index < -0.39 is 11.4 Å². The van der Waals surface area contributed by atoms with Gasteiger partial charge in [0.25, 0.3) is 5.91 Å². The molecule has 1 aliphatic heterocycles. The lowest BCUT2D eigenvalue weighted by Crippen LogP contribution is -2.43. The summed E-state index contributed by atoms with van der Waals surface area (Å²) in [6, 6.07) is 7.74. The molecule has 1 aliphatic rings. The molecule has 0 saturated carbocycles. The van der Waals surface area contributed by atoms with E-state index in [9.17, 15) is 14.3 Å². The second-order valence-corrected chi connectivity index (χ2v) is 6.41. The Bertz CT molecular complexity index is 683. The fourth-order valence-corrected chi connectivity index (χ4v) is 3.58. The van der Waals surface area contributed by atoms with Crippen molar-refractivity contribution < 1.29 is 14.3 Å². The highest BCUT2D eigenvalue weighted by Gasteiger charge is 2.32. The zero-order valence-corrected chi connectivity index (χ0v) is 12.6. The molecule has 2 aromatic rings. The van der Waals surface area contributed by atoms with Crippen LogP contribution in [0.4, 0.5) is 4.39 Å². The number of halogens is 1. The van der Waals surface area contributed by atoms with Crippen molar-refractivity contribution in [2.24, 2.45) is 0 Å². The third kappa shape index (κ3) is 3.15. The first-order chi connectivity index (χ1) is 10.6. The number of carbonyl (C=O) groups excluding carboxylic acids is 1. The lowest BCUT2D eigenvalue weighted by atomic mass is 10.0. The minimum absolute atomic E-state index is 0.192. The highest BCUT2D eigenvalue weighted by atomic mass is 32.2. The molecule has 1 amide bonds. The van der Waals surface area contributed by atoms with Crippen LogP contribution in [-0.2, 0) is 0 Å². The Morgan fingerprint density at radius 3 is 3.00 bits per heavy atom. The summed E-state index contributed by atoms with van der Waals surface area (Å²) in [6.45, 7) is 0.200. The van der Waals surface area contributed by atoms with Crippen LogP contribution in [0.15, 0.2) is 36.5 Å². The Kier molecular flexibility index (Phi) is 4.17. The number of hydrogen-bond donors (Lipinski definition) is 2. The quantitative estimate of drug-likeness (QED) is 0.898. The molecule has 0 aliphatic carbocycles. The standard InChI is InChI=1S/C15H16FN3O2S/c16-11-3-1-2-4-13(11)19-7-5-12(18-19)14(20)17-9-15(21)6-8-22-10-15/h1-5,7,21H,6,8-10H2,(H,17,20). The van der Waals surface area contributed by atoms with E-state index in [0.717, 1.165) is 5.75 Å². The molecule has 1 aromatic carbocycles. The summed E-state index contributed by atoms with van der Waals surface area (Å²) in [5.74, 6) is 0.737. The molecular formula is C15H16FN3O2S. The lowest BCUT2D eigenvalue weighted by Gasteiger charge is -2.21. The van der Waals surface area contributed by atoms with Gasteiger partial charge in [0, 0.05) is 18.5 Å². The van der Waals surface area contributed by atoms with E-state index in [-0.39, 0.29) is 23.8 Å². The second kappa shape index (κ2) is 6.10. The van der Waals surface area contributed by atoms with Crippen molar-refractivity contribution in [2.75, 3.05) is 18.1 Å². The van der Waals surface area contributed by atoms with E-state index in [2.05, 4.69) is 10.4 Å². The fraction of sp³-hybridized carbons (Fsp3) is 0.333. The number of aromatic nitrogens is 2. The molecule has 7 heteroatoms. The number of rotatable bonds is 4. The van der Waals surface area contributed by atoms with Crippen LogP contribution in [-0.4, -0.2) is 44.4 Å². The van der Waals surface area contributed by atoms with Gasteiger partial charge in [-0.05, 0) is 30.4 Å². The Morgan fingerprint density at radius 1 is 1.45 bits per heavy atom. The number of hydrogen-bond acceptors (Lipinski definition) is 4. The monoisotopic (exact) mass is 321 g/mol. The first-order valence-electron chi connectivity index (χ1n) is 6.96. The molecule has 1 unspecified atom stereocenters. The van der Waals surface area contributed by atoms with Crippen LogP contribution in [0.5, 0.6) is 0 Å². The van der Waals surface area contributed by atoms with Gasteiger partial charge in [0.2, 0.25) is 0 Å². The normalized spacial score (nSPS) is 21.0. The first-order valence-corrected chi connectivity index (χ1v) is 8.12. The van der Waals surface area contributed by atoms with Crippen LogP contribution in [0.3, 0.4) is 0 Å². The van der Waals surface area contributed by atoms with Gasteiger partial charge in [0.15, 0.2) is 5.69 Å². The van der Waals surface area contributed by atoms with Crippen molar-refractivity contribution in [3.05, 3.63) is 48.0 Å². The third-order valence-electron chi connectivity index (χ3n) is 3.58. The molecule has 1 aromatic heterocycles. The SMILES string of the molecule is O=C(NCC1(O)CCSC1)c1ccn(-c2ccccc2F)n1. The number of carbonyl (C=O) groups is 1. The summed E-state index contributed by atoms with van der Waals surface area (Å²) in [5.41, 5.74) is -0.362. The highest BCUT2D eigenvalue weighted by Crippen LogP contribution is 2.27. The van der Waals surface area contributed by atoms with Crippen molar-refractivity contribution in [2.45, 2.75) is 12.0 Å². The molecular weight excluding hydrogens is 305 g/mol. The number of nitrogens with zero attached hydrogens (tertiary/aromatic N) is 2. The molecule has 2 heterocycles. The van der Waals surface area contributed by atoms with E-state index in [1.165, 1.54) is 23.0 Å². The van der Waals surface area contributed by atoms with Crippen LogP contribution in [0.25, 0.3) is 5.69 Å². The van der Waals surface area contributed by atoms with Gasteiger partial charge in [0.05, 0.1) is 5.60 Å². The maximum atomic E-state index is 13.7. The highest BCUT2D eigenvalue weighted by molar-refractivity contribution is 7.99. The predicted octanol–water partition coefficient (Wildman–Crippen LogP) is 1.61. The molecule has 1 saturated heterocycles. The largest absolute Gasteiger partial charge is 0.387 e. The van der Waals surface area contributed by atoms with Crippen LogP contribution in [0, 0.1) is 5.82 Å². The molecule has 3 rings (SSSR count). The summed E-state index contributed by atoms with van der Waals surface area (Å²) in [7, 11) is 0. The predicted molar refractivity (Wildman–Crippen MR) is 82.7 cm³/mol. The molecule has 2 N–H and O–H groups in total. The van der Waals surface area contributed by atoms with Crippen molar-refractivity contribution in [3.8, 4) is 5.69 Å². The Hall–Kier alpha value is -1.86. The second-order valence-electron chi connectivity index (χ2n) is 5.31. The molecule has 1 atom stereocenters. The molecule has 1 fully saturated rings. The van der Waals surface area contributed by atoms with E-state index in [1.54, 1.807) is 30.0 Å². The van der Waals surface area contributed by atoms with Crippen molar-refractivity contribution in [1.29, 1.82) is 0 Å². The van der Waals surface area contributed by atoms with E-state index >= 15 is 0 Å². The lowest BCUT2D eigenvalue weighted by molar-refractivity contribution is 0.0610. The van der Waals surface area contributed by atoms with Crippen LogP contribution in [0.1, 0.15) is 16.9 Å². The van der Waals surface area contributed by atoms with Crippen LogP contribution in [0.2, 0.25) is 0 Å². The van der Waals surface area contributed by atoms with Gasteiger partial charge in [-0.1, -0.05) is 12.1 Å². The van der Waals surface area contributed by atoms with Crippen molar-refractivity contribution in [3.63, 3.8) is 0 Å². The maximum Gasteiger partial charge on any atom is 0.271 e. The Balaban J connectivity index is 1.68. The summed E-state index contributed by atoms with van der Waals surface area (Å²) in [6.07, 6.45) is 2.20. The van der Waals surface area contributed by atoms with Gasteiger partial charge >= 0.3 is 0 Å². The molecule has 22 heavy (non-hydrogen) atoms. The van der Waals surface area contributed by atoms with E-state index in [1.807, 2.05) is 0 Å². The average molecular weight is 321 g/mol. The van der Waals surface area contributed by atoms with Gasteiger partial charge in [-0.25, -0.2) is 9.07 Å². The topological polar surface area (TPSA) is 67.2 Å². The number of para-hydroxylation sites is 1. The summed E-state index contributed by atoms with van der Waals surface area (Å²) in [4.78, 5) is 12.1. The zero-order chi connectivity index (χ0) is 15.6. The summed E-state index contributed by atoms with van der Waals surface area (Å²) >= 11 is 1.67.